The number of hydrogen-bond donors (Lipinski definition) is 1. The van der Waals surface area contributed by atoms with Crippen molar-refractivity contribution in [3.05, 3.63) is 35.4 Å². The number of nitrogens with zero attached hydrogens (tertiary/aromatic N) is 1. The Bertz CT molecular complexity index is 381. The van der Waals surface area contributed by atoms with Gasteiger partial charge in [-0.3, -0.25) is 0 Å². The molecule has 0 amide bonds. The van der Waals surface area contributed by atoms with Crippen LogP contribution < -0.4 is 5.32 Å². The molecule has 20 heavy (non-hydrogen) atoms. The number of nitrogens with one attached hydrogen (secondary N) is 1. The molecule has 1 aliphatic carbocycles. The fraction of sp³-hybridized carbons (Fsp3) is 0.667. The molecule has 0 aromatic heterocycles. The van der Waals surface area contributed by atoms with Crippen LogP contribution in [-0.4, -0.2) is 30.6 Å². The van der Waals surface area contributed by atoms with Gasteiger partial charge in [-0.15, -0.1) is 0 Å². The SMILES string of the molecule is CCCNC(CCN(CC)C1CC1)c1ccc(C)cc1. The maximum atomic E-state index is 3.72. The van der Waals surface area contributed by atoms with Crippen LogP contribution in [0.15, 0.2) is 24.3 Å². The Balaban J connectivity index is 1.93. The first kappa shape index (κ1) is 15.5. The molecule has 1 aromatic carbocycles. The molecule has 112 valence electrons. The summed E-state index contributed by atoms with van der Waals surface area (Å²) in [6.07, 6.45) is 5.23. The highest BCUT2D eigenvalue weighted by Crippen LogP contribution is 2.28. The van der Waals surface area contributed by atoms with Gasteiger partial charge in [-0.2, -0.15) is 0 Å². The molecule has 0 radical (unpaired) electrons. The van der Waals surface area contributed by atoms with Gasteiger partial charge in [-0.1, -0.05) is 43.7 Å². The molecule has 1 aromatic rings. The Morgan fingerprint density at radius 3 is 2.45 bits per heavy atom. The molecule has 0 spiro atoms. The highest BCUT2D eigenvalue weighted by atomic mass is 15.2. The summed E-state index contributed by atoms with van der Waals surface area (Å²) >= 11 is 0. The lowest BCUT2D eigenvalue weighted by Crippen LogP contribution is -2.31. The quantitative estimate of drug-likeness (QED) is 0.734. The van der Waals surface area contributed by atoms with E-state index in [4.69, 9.17) is 0 Å². The van der Waals surface area contributed by atoms with E-state index in [9.17, 15) is 0 Å². The summed E-state index contributed by atoms with van der Waals surface area (Å²) in [5.41, 5.74) is 2.78. The summed E-state index contributed by atoms with van der Waals surface area (Å²) in [5, 5.41) is 3.72. The molecule has 1 atom stereocenters. The lowest BCUT2D eigenvalue weighted by atomic mass is 10.0. The van der Waals surface area contributed by atoms with Crippen molar-refractivity contribution in [1.29, 1.82) is 0 Å². The van der Waals surface area contributed by atoms with Crippen LogP contribution in [0, 0.1) is 6.92 Å². The largest absolute Gasteiger partial charge is 0.310 e. The molecule has 1 fully saturated rings. The molecular weight excluding hydrogens is 244 g/mol. The van der Waals surface area contributed by atoms with E-state index in [1.165, 1.54) is 49.9 Å². The second-order valence-electron chi connectivity index (χ2n) is 6.07. The Kier molecular flexibility index (Phi) is 6.06. The summed E-state index contributed by atoms with van der Waals surface area (Å²) in [7, 11) is 0. The van der Waals surface area contributed by atoms with Gasteiger partial charge in [0.25, 0.3) is 0 Å². The van der Waals surface area contributed by atoms with Crippen LogP contribution in [0.4, 0.5) is 0 Å². The van der Waals surface area contributed by atoms with Gasteiger partial charge in [0.2, 0.25) is 0 Å². The van der Waals surface area contributed by atoms with Crippen LogP contribution in [0.25, 0.3) is 0 Å². The van der Waals surface area contributed by atoms with E-state index in [0.717, 1.165) is 12.6 Å². The maximum Gasteiger partial charge on any atom is 0.0332 e. The molecule has 1 saturated carbocycles. The standard InChI is InChI=1S/C18H30N2/c1-4-13-19-18(16-8-6-15(3)7-9-16)12-14-20(5-2)17-10-11-17/h6-9,17-19H,4-5,10-14H2,1-3H3. The van der Waals surface area contributed by atoms with E-state index in [0.29, 0.717) is 6.04 Å². The first-order valence-corrected chi connectivity index (χ1v) is 8.28. The van der Waals surface area contributed by atoms with Gasteiger partial charge in [0.1, 0.15) is 0 Å². The number of rotatable bonds is 9. The van der Waals surface area contributed by atoms with Gasteiger partial charge in [0, 0.05) is 18.6 Å². The minimum atomic E-state index is 0.503. The van der Waals surface area contributed by atoms with Crippen molar-refractivity contribution in [1.82, 2.24) is 10.2 Å². The summed E-state index contributed by atoms with van der Waals surface area (Å²) in [6, 6.07) is 10.4. The third-order valence-corrected chi connectivity index (χ3v) is 4.29. The van der Waals surface area contributed by atoms with E-state index in [1.807, 2.05) is 0 Å². The number of benzene rings is 1. The van der Waals surface area contributed by atoms with Gasteiger partial charge in [0.05, 0.1) is 0 Å². The molecule has 1 N–H and O–H groups in total. The molecule has 0 heterocycles. The number of hydrogen-bond acceptors (Lipinski definition) is 2. The lowest BCUT2D eigenvalue weighted by Gasteiger charge is -2.25. The Morgan fingerprint density at radius 1 is 1.20 bits per heavy atom. The Hall–Kier alpha value is -0.860. The first-order chi connectivity index (χ1) is 9.74. The molecule has 1 unspecified atom stereocenters. The lowest BCUT2D eigenvalue weighted by molar-refractivity contribution is 0.259. The summed E-state index contributed by atoms with van der Waals surface area (Å²) < 4.78 is 0. The van der Waals surface area contributed by atoms with Crippen LogP contribution in [-0.2, 0) is 0 Å². The summed E-state index contributed by atoms with van der Waals surface area (Å²) in [4.78, 5) is 2.65. The minimum Gasteiger partial charge on any atom is -0.310 e. The molecule has 2 nitrogen and oxygen atoms in total. The maximum absolute atomic E-state index is 3.72. The molecule has 2 heteroatoms. The zero-order valence-electron chi connectivity index (χ0n) is 13.4. The van der Waals surface area contributed by atoms with E-state index in [-0.39, 0.29) is 0 Å². The molecule has 0 aliphatic heterocycles. The first-order valence-electron chi connectivity index (χ1n) is 8.28. The molecular formula is C18H30N2. The Morgan fingerprint density at radius 2 is 1.90 bits per heavy atom. The molecule has 1 aliphatic rings. The summed E-state index contributed by atoms with van der Waals surface area (Å²) in [6.45, 7) is 10.2. The average molecular weight is 274 g/mol. The molecule has 0 saturated heterocycles. The van der Waals surface area contributed by atoms with Crippen molar-refractivity contribution in [3.63, 3.8) is 0 Å². The van der Waals surface area contributed by atoms with E-state index >= 15 is 0 Å². The normalized spacial score (nSPS) is 16.6. The van der Waals surface area contributed by atoms with Gasteiger partial charge in [-0.25, -0.2) is 0 Å². The monoisotopic (exact) mass is 274 g/mol. The fourth-order valence-electron chi connectivity index (χ4n) is 2.84. The van der Waals surface area contributed by atoms with Crippen LogP contribution in [0.2, 0.25) is 0 Å². The van der Waals surface area contributed by atoms with Crippen molar-refractivity contribution < 1.29 is 0 Å². The third-order valence-electron chi connectivity index (χ3n) is 4.29. The summed E-state index contributed by atoms with van der Waals surface area (Å²) in [5.74, 6) is 0. The topological polar surface area (TPSA) is 15.3 Å². The van der Waals surface area contributed by atoms with E-state index in [2.05, 4.69) is 55.3 Å². The Labute approximate surface area is 124 Å². The molecule has 0 bridgehead atoms. The average Bonchev–Trinajstić information content (AvgIpc) is 3.29. The van der Waals surface area contributed by atoms with Crippen molar-refractivity contribution in [2.24, 2.45) is 0 Å². The van der Waals surface area contributed by atoms with Gasteiger partial charge in [0.15, 0.2) is 0 Å². The van der Waals surface area contributed by atoms with Crippen molar-refractivity contribution in [2.75, 3.05) is 19.6 Å². The van der Waals surface area contributed by atoms with E-state index < -0.39 is 0 Å². The third kappa shape index (κ3) is 4.60. The van der Waals surface area contributed by atoms with Crippen LogP contribution in [0.1, 0.15) is 56.7 Å². The second kappa shape index (κ2) is 7.80. The van der Waals surface area contributed by atoms with Crippen LogP contribution >= 0.6 is 0 Å². The molecule has 2 rings (SSSR count). The highest BCUT2D eigenvalue weighted by molar-refractivity contribution is 5.24. The van der Waals surface area contributed by atoms with Crippen LogP contribution in [0.5, 0.6) is 0 Å². The van der Waals surface area contributed by atoms with Gasteiger partial charge >= 0.3 is 0 Å². The minimum absolute atomic E-state index is 0.503. The van der Waals surface area contributed by atoms with Crippen molar-refractivity contribution in [2.45, 2.75) is 58.5 Å². The second-order valence-corrected chi connectivity index (χ2v) is 6.07. The van der Waals surface area contributed by atoms with Gasteiger partial charge < -0.3 is 10.2 Å². The zero-order valence-corrected chi connectivity index (χ0v) is 13.4. The number of aryl methyl sites for hydroxylation is 1. The highest BCUT2D eigenvalue weighted by Gasteiger charge is 2.27. The van der Waals surface area contributed by atoms with E-state index in [1.54, 1.807) is 0 Å². The smallest absolute Gasteiger partial charge is 0.0332 e. The van der Waals surface area contributed by atoms with Crippen molar-refractivity contribution in [3.8, 4) is 0 Å². The van der Waals surface area contributed by atoms with Crippen molar-refractivity contribution >= 4 is 0 Å². The predicted molar refractivity (Wildman–Crippen MR) is 87.1 cm³/mol. The van der Waals surface area contributed by atoms with Gasteiger partial charge in [-0.05, 0) is 51.3 Å². The van der Waals surface area contributed by atoms with Crippen LogP contribution in [0.3, 0.4) is 0 Å². The fourth-order valence-corrected chi connectivity index (χ4v) is 2.84. The zero-order chi connectivity index (χ0) is 14.4. The predicted octanol–water partition coefficient (Wildman–Crippen LogP) is 3.91.